The van der Waals surface area contributed by atoms with Gasteiger partial charge in [0, 0.05) is 17.2 Å². The highest BCUT2D eigenvalue weighted by atomic mass is 79.9. The van der Waals surface area contributed by atoms with Crippen molar-refractivity contribution in [1.82, 2.24) is 0 Å². The lowest BCUT2D eigenvalue weighted by molar-refractivity contribution is -0.385. The molecule has 1 aliphatic heterocycles. The third kappa shape index (κ3) is 5.55. The number of rotatable bonds is 8. The van der Waals surface area contributed by atoms with Crippen molar-refractivity contribution in [3.63, 3.8) is 0 Å². The molecule has 0 fully saturated rings. The molecule has 2 aromatic rings. The Kier molecular flexibility index (Phi) is 7.44. The van der Waals surface area contributed by atoms with Crippen LogP contribution in [0.1, 0.15) is 23.6 Å². The van der Waals surface area contributed by atoms with Crippen molar-refractivity contribution in [2.24, 2.45) is 4.99 Å². The second-order valence-electron chi connectivity index (χ2n) is 6.72. The molecule has 0 atom stereocenters. The van der Waals surface area contributed by atoms with E-state index in [0.717, 1.165) is 0 Å². The molecule has 0 saturated heterocycles. The molecule has 0 unspecified atom stereocenters. The van der Waals surface area contributed by atoms with Gasteiger partial charge < -0.3 is 18.9 Å². The Morgan fingerprint density at radius 3 is 2.70 bits per heavy atom. The Hall–Kier alpha value is -3.73. The molecule has 11 heteroatoms. The van der Waals surface area contributed by atoms with E-state index in [4.69, 9.17) is 14.2 Å². The Balaban J connectivity index is 1.94. The van der Waals surface area contributed by atoms with Crippen LogP contribution in [0, 0.1) is 17.0 Å². The minimum Gasteiger partial charge on any atom is -0.490 e. The van der Waals surface area contributed by atoms with Gasteiger partial charge in [-0.15, -0.1) is 0 Å². The van der Waals surface area contributed by atoms with Crippen LogP contribution in [0.15, 0.2) is 45.5 Å². The van der Waals surface area contributed by atoms with Gasteiger partial charge in [0.25, 0.3) is 5.69 Å². The number of carbonyl (C=O) groups excluding carboxylic acids is 2. The average Bonchev–Trinajstić information content (AvgIpc) is 3.13. The molecule has 0 amide bonds. The fourth-order valence-electron chi connectivity index (χ4n) is 2.89. The smallest absolute Gasteiger partial charge is 0.363 e. The van der Waals surface area contributed by atoms with Crippen LogP contribution >= 0.6 is 15.9 Å². The summed E-state index contributed by atoms with van der Waals surface area (Å²) in [6.45, 7) is 3.42. The molecule has 0 N–H and O–H groups in total. The van der Waals surface area contributed by atoms with Gasteiger partial charge >= 0.3 is 11.9 Å². The van der Waals surface area contributed by atoms with Crippen molar-refractivity contribution >= 4 is 45.5 Å². The van der Waals surface area contributed by atoms with E-state index >= 15 is 0 Å². The van der Waals surface area contributed by atoms with Gasteiger partial charge in [0.15, 0.2) is 23.8 Å². The SMILES string of the molecule is CCOc1cc(/C=C2\N=C(c3ccc(C)c([N+](=O)[O-])c3)OC2=O)cc(Br)c1OCC(=O)OC. The van der Waals surface area contributed by atoms with Crippen LogP contribution in [0.4, 0.5) is 5.69 Å². The largest absolute Gasteiger partial charge is 0.490 e. The Labute approximate surface area is 197 Å². The summed E-state index contributed by atoms with van der Waals surface area (Å²) in [7, 11) is 1.25. The topological polar surface area (TPSA) is 127 Å². The summed E-state index contributed by atoms with van der Waals surface area (Å²) in [4.78, 5) is 38.7. The molecule has 172 valence electrons. The maximum atomic E-state index is 12.4. The zero-order valence-electron chi connectivity index (χ0n) is 17.9. The molecule has 1 aliphatic rings. The molecule has 10 nitrogen and oxygen atoms in total. The number of halogens is 1. The summed E-state index contributed by atoms with van der Waals surface area (Å²) in [5.74, 6) is -0.644. The highest BCUT2D eigenvalue weighted by molar-refractivity contribution is 9.10. The van der Waals surface area contributed by atoms with Crippen LogP contribution < -0.4 is 9.47 Å². The number of aliphatic imine (C=N–C) groups is 1. The molecule has 0 aromatic heterocycles. The molecule has 0 radical (unpaired) electrons. The van der Waals surface area contributed by atoms with Crippen LogP contribution in [0.5, 0.6) is 11.5 Å². The number of carbonyl (C=O) groups is 2. The molecule has 1 heterocycles. The van der Waals surface area contributed by atoms with Crippen LogP contribution in [0.2, 0.25) is 0 Å². The van der Waals surface area contributed by atoms with E-state index in [1.807, 2.05) is 0 Å². The van der Waals surface area contributed by atoms with Crippen molar-refractivity contribution in [3.05, 3.63) is 67.3 Å². The highest BCUT2D eigenvalue weighted by Crippen LogP contribution is 2.38. The summed E-state index contributed by atoms with van der Waals surface area (Å²) in [5, 5.41) is 11.2. The van der Waals surface area contributed by atoms with E-state index in [-0.39, 0.29) is 23.9 Å². The Morgan fingerprint density at radius 1 is 1.27 bits per heavy atom. The van der Waals surface area contributed by atoms with Crippen LogP contribution in [0.3, 0.4) is 0 Å². The van der Waals surface area contributed by atoms with E-state index in [1.165, 1.54) is 19.3 Å². The maximum absolute atomic E-state index is 12.4. The second kappa shape index (κ2) is 10.3. The summed E-state index contributed by atoms with van der Waals surface area (Å²) in [5.41, 5.74) is 1.24. The van der Waals surface area contributed by atoms with E-state index in [0.29, 0.717) is 39.3 Å². The molecular weight excluding hydrogens is 500 g/mol. The average molecular weight is 519 g/mol. The molecule has 0 aliphatic carbocycles. The van der Waals surface area contributed by atoms with Crippen molar-refractivity contribution in [2.45, 2.75) is 13.8 Å². The molecule has 33 heavy (non-hydrogen) atoms. The number of hydrogen-bond donors (Lipinski definition) is 0. The molecule has 0 bridgehead atoms. The van der Waals surface area contributed by atoms with Crippen molar-refractivity contribution in [3.8, 4) is 11.5 Å². The molecular formula is C22H19BrN2O8. The number of nitro benzene ring substituents is 1. The lowest BCUT2D eigenvalue weighted by atomic mass is 10.1. The Bertz CT molecular complexity index is 1190. The standard InChI is InChI=1S/C22H19BrN2O8/c1-4-31-18-9-13(7-15(23)20(18)32-11-19(26)30-3)8-16-22(27)33-21(24-16)14-6-5-12(2)17(10-14)25(28)29/h5-10H,4,11H2,1-3H3/b16-8-. The van der Waals surface area contributed by atoms with Crippen LogP contribution in [-0.4, -0.2) is 43.1 Å². The number of benzene rings is 2. The quantitative estimate of drug-likeness (QED) is 0.222. The van der Waals surface area contributed by atoms with E-state index < -0.39 is 16.9 Å². The van der Waals surface area contributed by atoms with E-state index in [2.05, 4.69) is 25.7 Å². The molecule has 2 aromatic carbocycles. The minimum absolute atomic E-state index is 0.00538. The van der Waals surface area contributed by atoms with Gasteiger partial charge in [0.2, 0.25) is 5.90 Å². The van der Waals surface area contributed by atoms with Crippen molar-refractivity contribution < 1.29 is 33.5 Å². The number of cyclic esters (lactones) is 1. The fraction of sp³-hybridized carbons (Fsp3) is 0.227. The number of methoxy groups -OCH3 is 1. The Morgan fingerprint density at radius 2 is 2.03 bits per heavy atom. The first kappa shape index (κ1) is 23.9. The van der Waals surface area contributed by atoms with Crippen LogP contribution in [0.25, 0.3) is 6.08 Å². The summed E-state index contributed by atoms with van der Waals surface area (Å²) in [6.07, 6.45) is 1.48. The number of ether oxygens (including phenoxy) is 4. The zero-order chi connectivity index (χ0) is 24.1. The number of hydrogen-bond acceptors (Lipinski definition) is 9. The third-order valence-corrected chi connectivity index (χ3v) is 5.06. The normalized spacial score (nSPS) is 14.0. The lowest BCUT2D eigenvalue weighted by Gasteiger charge is -2.14. The third-order valence-electron chi connectivity index (χ3n) is 4.47. The van der Waals surface area contributed by atoms with E-state index in [1.54, 1.807) is 38.1 Å². The monoisotopic (exact) mass is 518 g/mol. The maximum Gasteiger partial charge on any atom is 0.363 e. The van der Waals surface area contributed by atoms with Gasteiger partial charge in [0.1, 0.15) is 0 Å². The fourth-order valence-corrected chi connectivity index (χ4v) is 3.47. The summed E-state index contributed by atoms with van der Waals surface area (Å²) < 4.78 is 21.4. The van der Waals surface area contributed by atoms with Gasteiger partial charge in [-0.05, 0) is 59.6 Å². The second-order valence-corrected chi connectivity index (χ2v) is 7.58. The van der Waals surface area contributed by atoms with Gasteiger partial charge in [-0.1, -0.05) is 6.07 Å². The first-order chi connectivity index (χ1) is 15.7. The number of esters is 2. The van der Waals surface area contributed by atoms with Gasteiger partial charge in [-0.3, -0.25) is 10.1 Å². The van der Waals surface area contributed by atoms with Gasteiger partial charge in [0.05, 0.1) is 23.1 Å². The lowest BCUT2D eigenvalue weighted by Crippen LogP contribution is -2.13. The minimum atomic E-state index is -0.701. The molecule has 0 spiro atoms. The first-order valence-corrected chi connectivity index (χ1v) is 10.5. The van der Waals surface area contributed by atoms with Gasteiger partial charge in [-0.2, -0.15) is 0 Å². The number of nitrogens with zero attached hydrogens (tertiary/aromatic N) is 2. The summed E-state index contributed by atoms with van der Waals surface area (Å²) in [6, 6.07) is 7.73. The van der Waals surface area contributed by atoms with Crippen molar-refractivity contribution in [2.75, 3.05) is 20.3 Å². The molecule has 3 rings (SSSR count). The number of nitro groups is 1. The van der Waals surface area contributed by atoms with Crippen LogP contribution in [-0.2, 0) is 19.1 Å². The first-order valence-electron chi connectivity index (χ1n) is 9.67. The number of aryl methyl sites for hydroxylation is 1. The molecule has 0 saturated carbocycles. The van der Waals surface area contributed by atoms with Gasteiger partial charge in [-0.25, -0.2) is 14.6 Å². The zero-order valence-corrected chi connectivity index (χ0v) is 19.5. The van der Waals surface area contributed by atoms with E-state index in [9.17, 15) is 19.7 Å². The summed E-state index contributed by atoms with van der Waals surface area (Å²) >= 11 is 3.38. The highest BCUT2D eigenvalue weighted by Gasteiger charge is 2.26. The predicted molar refractivity (Wildman–Crippen MR) is 121 cm³/mol. The predicted octanol–water partition coefficient (Wildman–Crippen LogP) is 3.96. The van der Waals surface area contributed by atoms with Crippen molar-refractivity contribution in [1.29, 1.82) is 0 Å².